The molecule has 21 heavy (non-hydrogen) atoms. The van der Waals surface area contributed by atoms with Gasteiger partial charge >= 0.3 is 0 Å². The lowest BCUT2D eigenvalue weighted by atomic mass is 10.1. The number of piperazine rings is 1. The molecule has 114 valence electrons. The van der Waals surface area contributed by atoms with E-state index in [1.807, 2.05) is 13.8 Å². The molecule has 1 aliphatic rings. The third-order valence-electron chi connectivity index (χ3n) is 3.73. The molecule has 1 fully saturated rings. The zero-order valence-electron chi connectivity index (χ0n) is 12.8. The molecule has 0 spiro atoms. The molecule has 1 unspecified atom stereocenters. The maximum absolute atomic E-state index is 12.4. The van der Waals surface area contributed by atoms with Crippen LogP contribution in [0.3, 0.4) is 0 Å². The molecule has 1 aliphatic heterocycles. The molecule has 0 aromatic heterocycles. The van der Waals surface area contributed by atoms with E-state index in [1.165, 1.54) is 11.1 Å². The van der Waals surface area contributed by atoms with Crippen molar-refractivity contribution < 1.29 is 9.59 Å². The number of nitrogens with zero attached hydrogens (tertiary/aromatic N) is 1. The number of carbonyl (C=O) groups excluding carboxylic acids is 2. The third kappa shape index (κ3) is 3.79. The number of hydrogen-bond acceptors (Lipinski definition) is 3. The van der Waals surface area contributed by atoms with Gasteiger partial charge in [-0.15, -0.1) is 11.8 Å². The van der Waals surface area contributed by atoms with E-state index in [9.17, 15) is 9.59 Å². The number of hydrogen-bond donors (Lipinski definition) is 1. The first kappa shape index (κ1) is 15.9. The van der Waals surface area contributed by atoms with E-state index in [-0.39, 0.29) is 17.9 Å². The van der Waals surface area contributed by atoms with Crippen molar-refractivity contribution in [2.45, 2.75) is 38.1 Å². The fraction of sp³-hybridized carbons (Fsp3) is 0.500. The summed E-state index contributed by atoms with van der Waals surface area (Å²) in [6.07, 6.45) is 0.658. The van der Waals surface area contributed by atoms with Crippen molar-refractivity contribution in [1.29, 1.82) is 0 Å². The smallest absolute Gasteiger partial charge is 0.242 e. The maximum atomic E-state index is 12.4. The van der Waals surface area contributed by atoms with Crippen molar-refractivity contribution in [3.05, 3.63) is 29.3 Å². The van der Waals surface area contributed by atoms with Gasteiger partial charge in [0.05, 0.1) is 5.75 Å². The summed E-state index contributed by atoms with van der Waals surface area (Å²) in [6.45, 7) is 7.20. The highest BCUT2D eigenvalue weighted by molar-refractivity contribution is 8.00. The Bertz CT molecular complexity index is 545. The zero-order chi connectivity index (χ0) is 15.4. The minimum atomic E-state index is -0.314. The van der Waals surface area contributed by atoms with Gasteiger partial charge in [0.25, 0.3) is 0 Å². The van der Waals surface area contributed by atoms with E-state index in [1.54, 1.807) is 16.7 Å². The molecule has 1 aromatic rings. The predicted octanol–water partition coefficient (Wildman–Crippen LogP) is 2.13. The molecule has 0 aliphatic carbocycles. The third-order valence-corrected chi connectivity index (χ3v) is 4.87. The van der Waals surface area contributed by atoms with Crippen LogP contribution in [0.5, 0.6) is 0 Å². The first-order valence-electron chi connectivity index (χ1n) is 7.30. The second-order valence-electron chi connectivity index (χ2n) is 5.36. The fourth-order valence-corrected chi connectivity index (χ4v) is 3.51. The topological polar surface area (TPSA) is 49.4 Å². The average Bonchev–Trinajstić information content (AvgIpc) is 2.47. The maximum Gasteiger partial charge on any atom is 0.242 e. The lowest BCUT2D eigenvalue weighted by Crippen LogP contribution is -2.57. The second-order valence-corrected chi connectivity index (χ2v) is 6.38. The number of benzene rings is 1. The molecule has 0 bridgehead atoms. The Morgan fingerprint density at radius 1 is 1.43 bits per heavy atom. The Labute approximate surface area is 130 Å². The van der Waals surface area contributed by atoms with Crippen molar-refractivity contribution in [2.75, 3.05) is 18.8 Å². The standard InChI is InChI=1S/C16H22N2O2S/c1-4-13-16(20)17-7-8-18(13)15(19)10-21-14-9-11(2)5-6-12(14)3/h5-6,9,13H,4,7-8,10H2,1-3H3,(H,17,20). The minimum absolute atomic E-state index is 0.0335. The highest BCUT2D eigenvalue weighted by atomic mass is 32.2. The number of thioether (sulfide) groups is 1. The van der Waals surface area contributed by atoms with Crippen LogP contribution >= 0.6 is 11.8 Å². The molecule has 1 heterocycles. The van der Waals surface area contributed by atoms with Gasteiger partial charge in [0.15, 0.2) is 0 Å². The SMILES string of the molecule is CCC1C(=O)NCCN1C(=O)CSc1cc(C)ccc1C. The largest absolute Gasteiger partial charge is 0.353 e. The second kappa shape index (κ2) is 6.98. The Morgan fingerprint density at radius 3 is 2.90 bits per heavy atom. The Morgan fingerprint density at radius 2 is 2.19 bits per heavy atom. The Balaban J connectivity index is 2.00. The predicted molar refractivity (Wildman–Crippen MR) is 85.4 cm³/mol. The molecule has 4 nitrogen and oxygen atoms in total. The van der Waals surface area contributed by atoms with Crippen LogP contribution in [-0.2, 0) is 9.59 Å². The van der Waals surface area contributed by atoms with Crippen LogP contribution in [0.15, 0.2) is 23.1 Å². The molecule has 2 rings (SSSR count). The molecule has 1 atom stereocenters. The molecule has 1 saturated heterocycles. The van der Waals surface area contributed by atoms with Crippen LogP contribution in [0.2, 0.25) is 0 Å². The Kier molecular flexibility index (Phi) is 5.28. The highest BCUT2D eigenvalue weighted by Crippen LogP contribution is 2.24. The average molecular weight is 306 g/mol. The zero-order valence-corrected chi connectivity index (χ0v) is 13.6. The normalized spacial score (nSPS) is 18.5. The summed E-state index contributed by atoms with van der Waals surface area (Å²) in [5.74, 6) is 0.394. The van der Waals surface area contributed by atoms with E-state index < -0.39 is 0 Å². The van der Waals surface area contributed by atoms with Gasteiger partial charge in [-0.2, -0.15) is 0 Å². The first-order valence-corrected chi connectivity index (χ1v) is 8.28. The van der Waals surface area contributed by atoms with Gasteiger partial charge in [-0.05, 0) is 31.9 Å². The molecular formula is C16H22N2O2S. The molecule has 1 aromatic carbocycles. The van der Waals surface area contributed by atoms with Crippen LogP contribution in [0.4, 0.5) is 0 Å². The van der Waals surface area contributed by atoms with Gasteiger partial charge in [-0.25, -0.2) is 0 Å². The quantitative estimate of drug-likeness (QED) is 0.867. The summed E-state index contributed by atoms with van der Waals surface area (Å²) in [7, 11) is 0. The van der Waals surface area contributed by atoms with Crippen molar-refractivity contribution in [1.82, 2.24) is 10.2 Å². The monoisotopic (exact) mass is 306 g/mol. The number of nitrogens with one attached hydrogen (secondary N) is 1. The van der Waals surface area contributed by atoms with Crippen molar-refractivity contribution in [3.63, 3.8) is 0 Å². The van der Waals surface area contributed by atoms with E-state index >= 15 is 0 Å². The van der Waals surface area contributed by atoms with Gasteiger partial charge < -0.3 is 10.2 Å². The molecular weight excluding hydrogens is 284 g/mol. The fourth-order valence-electron chi connectivity index (χ4n) is 2.50. The van der Waals surface area contributed by atoms with Crippen LogP contribution < -0.4 is 5.32 Å². The highest BCUT2D eigenvalue weighted by Gasteiger charge is 2.31. The lowest BCUT2D eigenvalue weighted by molar-refractivity contribution is -0.141. The van der Waals surface area contributed by atoms with Gasteiger partial charge in [-0.3, -0.25) is 9.59 Å². The van der Waals surface area contributed by atoms with E-state index in [0.717, 1.165) is 4.90 Å². The first-order chi connectivity index (χ1) is 10.0. The molecule has 0 radical (unpaired) electrons. The minimum Gasteiger partial charge on any atom is -0.353 e. The molecule has 1 N–H and O–H groups in total. The summed E-state index contributed by atoms with van der Waals surface area (Å²) in [6, 6.07) is 5.94. The summed E-state index contributed by atoms with van der Waals surface area (Å²) in [4.78, 5) is 27.1. The van der Waals surface area contributed by atoms with Crippen molar-refractivity contribution >= 4 is 23.6 Å². The van der Waals surface area contributed by atoms with E-state index in [0.29, 0.717) is 25.3 Å². The summed E-state index contributed by atoms with van der Waals surface area (Å²) in [5.41, 5.74) is 2.38. The summed E-state index contributed by atoms with van der Waals surface area (Å²) in [5, 5.41) is 2.82. The number of rotatable bonds is 4. The Hall–Kier alpha value is -1.49. The van der Waals surface area contributed by atoms with Crippen LogP contribution in [0.25, 0.3) is 0 Å². The van der Waals surface area contributed by atoms with Crippen molar-refractivity contribution in [2.24, 2.45) is 0 Å². The van der Waals surface area contributed by atoms with Gasteiger partial charge in [0.1, 0.15) is 6.04 Å². The molecule has 5 heteroatoms. The summed E-state index contributed by atoms with van der Waals surface area (Å²) >= 11 is 1.55. The molecule has 2 amide bonds. The number of aryl methyl sites for hydroxylation is 2. The summed E-state index contributed by atoms with van der Waals surface area (Å²) < 4.78 is 0. The van der Waals surface area contributed by atoms with E-state index in [4.69, 9.17) is 0 Å². The van der Waals surface area contributed by atoms with Crippen molar-refractivity contribution in [3.8, 4) is 0 Å². The van der Waals surface area contributed by atoms with Gasteiger partial charge in [0, 0.05) is 18.0 Å². The lowest BCUT2D eigenvalue weighted by Gasteiger charge is -2.34. The van der Waals surface area contributed by atoms with Crippen LogP contribution in [0.1, 0.15) is 24.5 Å². The number of amides is 2. The van der Waals surface area contributed by atoms with E-state index in [2.05, 4.69) is 30.4 Å². The van der Waals surface area contributed by atoms with Crippen LogP contribution in [-0.4, -0.2) is 41.6 Å². The van der Waals surface area contributed by atoms with Gasteiger partial charge in [-0.1, -0.05) is 24.6 Å². The van der Waals surface area contributed by atoms with Crippen LogP contribution in [0, 0.1) is 13.8 Å². The number of carbonyl (C=O) groups is 2. The van der Waals surface area contributed by atoms with Gasteiger partial charge in [0.2, 0.25) is 11.8 Å². The molecule has 0 saturated carbocycles.